The zero-order valence-corrected chi connectivity index (χ0v) is 13.4. The van der Waals surface area contributed by atoms with Crippen molar-refractivity contribution in [3.05, 3.63) is 54.4 Å². The second-order valence-electron chi connectivity index (χ2n) is 5.46. The number of hydrogen-bond donors (Lipinski definition) is 3. The zero-order chi connectivity index (χ0) is 17.1. The van der Waals surface area contributed by atoms with E-state index in [2.05, 4.69) is 20.8 Å². The van der Waals surface area contributed by atoms with Crippen molar-refractivity contribution in [3.8, 4) is 0 Å². The first-order valence-electron chi connectivity index (χ1n) is 7.40. The van der Waals surface area contributed by atoms with E-state index in [1.807, 2.05) is 50.5 Å². The van der Waals surface area contributed by atoms with Gasteiger partial charge in [-0.2, -0.15) is 0 Å². The molecule has 1 aromatic heterocycles. The lowest BCUT2D eigenvalue weighted by Crippen LogP contribution is -2.30. The minimum atomic E-state index is -0.267. The number of carbonyl (C=O) groups is 1. The summed E-state index contributed by atoms with van der Waals surface area (Å²) in [5.41, 5.74) is 12.4. The number of hydrazine groups is 1. The van der Waals surface area contributed by atoms with E-state index in [1.165, 1.54) is 6.33 Å². The molecular formula is C17H18N6O. The van der Waals surface area contributed by atoms with Crippen LogP contribution in [-0.2, 0) is 0 Å². The lowest BCUT2D eigenvalue weighted by atomic mass is 10.0. The molecule has 1 heterocycles. The van der Waals surface area contributed by atoms with Crippen molar-refractivity contribution in [2.24, 2.45) is 0 Å². The number of benzene rings is 2. The molecule has 0 aliphatic heterocycles. The molecule has 0 atom stereocenters. The van der Waals surface area contributed by atoms with E-state index in [0.717, 1.165) is 10.8 Å². The Hall–Kier alpha value is -3.35. The van der Waals surface area contributed by atoms with Crippen LogP contribution < -0.4 is 21.5 Å². The molecule has 7 nitrogen and oxygen atoms in total. The van der Waals surface area contributed by atoms with Gasteiger partial charge in [-0.05, 0) is 16.8 Å². The number of aromatic nitrogens is 2. The van der Waals surface area contributed by atoms with Crippen LogP contribution in [0.4, 0.5) is 17.3 Å². The van der Waals surface area contributed by atoms with E-state index in [0.29, 0.717) is 22.9 Å². The number of amides is 1. The first-order chi connectivity index (χ1) is 11.6. The van der Waals surface area contributed by atoms with Crippen LogP contribution in [0, 0.1) is 0 Å². The summed E-state index contributed by atoms with van der Waals surface area (Å²) in [5, 5.41) is 1.88. The van der Waals surface area contributed by atoms with E-state index in [9.17, 15) is 4.79 Å². The molecule has 3 aromatic rings. The molecule has 0 unspecified atom stereocenters. The van der Waals surface area contributed by atoms with Gasteiger partial charge in [-0.3, -0.25) is 15.6 Å². The smallest absolute Gasteiger partial charge is 0.270 e. The maximum absolute atomic E-state index is 12.5. The van der Waals surface area contributed by atoms with Crippen molar-refractivity contribution < 1.29 is 4.79 Å². The summed E-state index contributed by atoms with van der Waals surface area (Å²) in [6.07, 6.45) is 1.39. The molecule has 4 N–H and O–H groups in total. The summed E-state index contributed by atoms with van der Waals surface area (Å²) in [5.74, 6) is 0.658. The van der Waals surface area contributed by atoms with Gasteiger partial charge in [-0.15, -0.1) is 0 Å². The molecule has 24 heavy (non-hydrogen) atoms. The maximum Gasteiger partial charge on any atom is 0.270 e. The number of hydrogen-bond acceptors (Lipinski definition) is 6. The van der Waals surface area contributed by atoms with Gasteiger partial charge in [-0.1, -0.05) is 36.4 Å². The van der Waals surface area contributed by atoms with Crippen molar-refractivity contribution in [2.45, 2.75) is 0 Å². The average molecular weight is 322 g/mol. The third-order valence-electron chi connectivity index (χ3n) is 3.62. The monoisotopic (exact) mass is 322 g/mol. The maximum atomic E-state index is 12.5. The first-order valence-corrected chi connectivity index (χ1v) is 7.40. The van der Waals surface area contributed by atoms with Gasteiger partial charge >= 0.3 is 0 Å². The Morgan fingerprint density at radius 2 is 1.83 bits per heavy atom. The SMILES string of the molecule is CN(C)c1ncnc(NNC(=O)c2cccc3ccccc23)c1N. The number of anilines is 3. The van der Waals surface area contributed by atoms with E-state index in [-0.39, 0.29) is 5.91 Å². The lowest BCUT2D eigenvalue weighted by Gasteiger charge is -2.16. The first kappa shape index (κ1) is 15.5. The van der Waals surface area contributed by atoms with Crippen LogP contribution in [0.1, 0.15) is 10.4 Å². The quantitative estimate of drug-likeness (QED) is 0.636. The second kappa shape index (κ2) is 6.41. The Morgan fingerprint density at radius 1 is 1.08 bits per heavy atom. The third-order valence-corrected chi connectivity index (χ3v) is 3.62. The van der Waals surface area contributed by atoms with Gasteiger partial charge in [0, 0.05) is 19.7 Å². The highest BCUT2D eigenvalue weighted by molar-refractivity contribution is 6.07. The third kappa shape index (κ3) is 2.91. The molecule has 0 saturated carbocycles. The number of rotatable bonds is 4. The zero-order valence-electron chi connectivity index (χ0n) is 13.4. The average Bonchev–Trinajstić information content (AvgIpc) is 2.59. The van der Waals surface area contributed by atoms with Gasteiger partial charge in [0.15, 0.2) is 11.6 Å². The number of carbonyl (C=O) groups excluding carboxylic acids is 1. The molecule has 0 aliphatic rings. The number of fused-ring (bicyclic) bond motifs is 1. The minimum absolute atomic E-state index is 0.267. The van der Waals surface area contributed by atoms with E-state index in [4.69, 9.17) is 5.73 Å². The summed E-state index contributed by atoms with van der Waals surface area (Å²) in [4.78, 5) is 22.4. The van der Waals surface area contributed by atoms with Crippen molar-refractivity contribution in [3.63, 3.8) is 0 Å². The van der Waals surface area contributed by atoms with Crippen LogP contribution in [0.25, 0.3) is 10.8 Å². The molecule has 0 fully saturated rings. The standard InChI is InChI=1S/C17H18N6O/c1-23(2)16-14(18)15(19-10-20-16)21-22-17(24)13-9-5-7-11-6-3-4-8-12(11)13/h3-10H,18H2,1-2H3,(H,22,24)(H,19,20,21). The Kier molecular flexibility index (Phi) is 4.15. The highest BCUT2D eigenvalue weighted by atomic mass is 16.2. The van der Waals surface area contributed by atoms with Gasteiger partial charge < -0.3 is 10.6 Å². The fraction of sp³-hybridized carbons (Fsp3) is 0.118. The molecule has 0 radical (unpaired) electrons. The minimum Gasteiger partial charge on any atom is -0.393 e. The number of nitrogen functional groups attached to an aromatic ring is 1. The molecule has 0 spiro atoms. The van der Waals surface area contributed by atoms with Crippen LogP contribution in [0.15, 0.2) is 48.8 Å². The molecule has 1 amide bonds. The second-order valence-corrected chi connectivity index (χ2v) is 5.46. The van der Waals surface area contributed by atoms with Crippen LogP contribution in [0.2, 0.25) is 0 Å². The Labute approximate surface area is 139 Å². The molecule has 0 saturated heterocycles. The summed E-state index contributed by atoms with van der Waals surface area (Å²) >= 11 is 0. The van der Waals surface area contributed by atoms with Crippen LogP contribution in [-0.4, -0.2) is 30.0 Å². The van der Waals surface area contributed by atoms with Crippen LogP contribution in [0.3, 0.4) is 0 Å². The van der Waals surface area contributed by atoms with Crippen LogP contribution >= 0.6 is 0 Å². The molecular weight excluding hydrogens is 304 g/mol. The lowest BCUT2D eigenvalue weighted by molar-refractivity contribution is 0.0964. The summed E-state index contributed by atoms with van der Waals surface area (Å²) < 4.78 is 0. The van der Waals surface area contributed by atoms with E-state index in [1.54, 1.807) is 11.0 Å². The van der Waals surface area contributed by atoms with Crippen LogP contribution in [0.5, 0.6) is 0 Å². The van der Waals surface area contributed by atoms with E-state index >= 15 is 0 Å². The highest BCUT2D eigenvalue weighted by Crippen LogP contribution is 2.24. The van der Waals surface area contributed by atoms with Gasteiger partial charge in [-0.25, -0.2) is 9.97 Å². The normalized spacial score (nSPS) is 10.4. The Balaban J connectivity index is 1.82. The van der Waals surface area contributed by atoms with Crippen molar-refractivity contribution >= 4 is 34.0 Å². The van der Waals surface area contributed by atoms with Crippen molar-refractivity contribution in [1.29, 1.82) is 0 Å². The Bertz CT molecular complexity index is 888. The fourth-order valence-electron chi connectivity index (χ4n) is 2.45. The fourth-order valence-corrected chi connectivity index (χ4v) is 2.45. The van der Waals surface area contributed by atoms with Gasteiger partial charge in [0.25, 0.3) is 5.91 Å². The number of nitrogens with one attached hydrogen (secondary N) is 2. The number of nitrogens with two attached hydrogens (primary N) is 1. The molecule has 122 valence electrons. The largest absolute Gasteiger partial charge is 0.393 e. The summed E-state index contributed by atoms with van der Waals surface area (Å²) in [6, 6.07) is 13.3. The highest BCUT2D eigenvalue weighted by Gasteiger charge is 2.12. The molecule has 0 aliphatic carbocycles. The topological polar surface area (TPSA) is 96.2 Å². The molecule has 7 heteroatoms. The Morgan fingerprint density at radius 3 is 2.62 bits per heavy atom. The predicted molar refractivity (Wildman–Crippen MR) is 95.8 cm³/mol. The van der Waals surface area contributed by atoms with Crippen molar-refractivity contribution in [1.82, 2.24) is 15.4 Å². The van der Waals surface area contributed by atoms with Gasteiger partial charge in [0.05, 0.1) is 0 Å². The summed E-state index contributed by atoms with van der Waals surface area (Å²) in [7, 11) is 3.66. The van der Waals surface area contributed by atoms with Gasteiger partial charge in [0.2, 0.25) is 0 Å². The van der Waals surface area contributed by atoms with Gasteiger partial charge in [0.1, 0.15) is 12.0 Å². The molecule has 0 bridgehead atoms. The summed E-state index contributed by atoms with van der Waals surface area (Å²) in [6.45, 7) is 0. The molecule has 3 rings (SSSR count). The van der Waals surface area contributed by atoms with Crippen molar-refractivity contribution in [2.75, 3.05) is 30.2 Å². The predicted octanol–water partition coefficient (Wildman–Crippen LogP) is 2.03. The number of nitrogens with zero attached hydrogens (tertiary/aromatic N) is 3. The molecule has 2 aromatic carbocycles. The van der Waals surface area contributed by atoms with E-state index < -0.39 is 0 Å².